The number of hydrogen-bond donors (Lipinski definition) is 1. The first-order chi connectivity index (χ1) is 9.79. The molecule has 1 amide bonds. The fraction of sp³-hybridized carbons (Fsp3) is 0.643. The van der Waals surface area contributed by atoms with Crippen molar-refractivity contribution in [3.63, 3.8) is 0 Å². The topological polar surface area (TPSA) is 44.8 Å². The van der Waals surface area contributed by atoms with E-state index in [0.717, 1.165) is 44.1 Å². The third-order valence-corrected chi connectivity index (χ3v) is 5.08. The Balaban J connectivity index is 0.00000161. The number of nitrogens with zero attached hydrogens (tertiary/aromatic N) is 2. The van der Waals surface area contributed by atoms with Gasteiger partial charge < -0.3 is 15.0 Å². The van der Waals surface area contributed by atoms with Crippen LogP contribution in [0.25, 0.3) is 0 Å². The predicted molar refractivity (Wildman–Crippen MR) is 86.9 cm³/mol. The fourth-order valence-electron chi connectivity index (χ4n) is 3.00. The molecule has 0 radical (unpaired) electrons. The molecule has 1 aromatic heterocycles. The van der Waals surface area contributed by atoms with Crippen LogP contribution in [0.4, 0.5) is 0 Å². The first kappa shape index (κ1) is 16.5. The number of piperazine rings is 1. The largest absolute Gasteiger partial charge is 0.495 e. The maximum absolute atomic E-state index is 12.5. The van der Waals surface area contributed by atoms with E-state index in [1.165, 1.54) is 17.8 Å². The summed E-state index contributed by atoms with van der Waals surface area (Å²) in [5, 5.41) is 5.31. The SMILES string of the molecule is COc1ccsc1C(=O)N1CCN(C2CCNC2)CC1.Cl. The Morgan fingerprint density at radius 1 is 1.38 bits per heavy atom. The summed E-state index contributed by atoms with van der Waals surface area (Å²) in [5.41, 5.74) is 0. The van der Waals surface area contributed by atoms with Crippen LogP contribution in [0.1, 0.15) is 16.1 Å². The van der Waals surface area contributed by atoms with E-state index in [2.05, 4.69) is 10.2 Å². The molecule has 1 N–H and O–H groups in total. The Morgan fingerprint density at radius 3 is 2.76 bits per heavy atom. The number of thiophene rings is 1. The van der Waals surface area contributed by atoms with Crippen molar-refractivity contribution < 1.29 is 9.53 Å². The lowest BCUT2D eigenvalue weighted by atomic mass is 10.2. The second kappa shape index (κ2) is 7.45. The molecule has 0 aromatic carbocycles. The molecule has 3 rings (SSSR count). The molecule has 0 aliphatic carbocycles. The van der Waals surface area contributed by atoms with E-state index in [1.54, 1.807) is 7.11 Å². The van der Waals surface area contributed by atoms with E-state index in [1.807, 2.05) is 16.3 Å². The molecule has 1 aromatic rings. The van der Waals surface area contributed by atoms with E-state index in [4.69, 9.17) is 4.74 Å². The van der Waals surface area contributed by atoms with Gasteiger partial charge in [-0.25, -0.2) is 0 Å². The molecule has 2 saturated heterocycles. The molecule has 2 aliphatic rings. The molecular formula is C14H22ClN3O2S. The first-order valence-corrected chi connectivity index (χ1v) is 8.03. The number of methoxy groups -OCH3 is 1. The summed E-state index contributed by atoms with van der Waals surface area (Å²) in [5.74, 6) is 0.809. The number of amides is 1. The smallest absolute Gasteiger partial charge is 0.267 e. The van der Waals surface area contributed by atoms with Crippen molar-refractivity contribution in [1.29, 1.82) is 0 Å². The number of halogens is 1. The molecule has 7 heteroatoms. The molecule has 2 fully saturated rings. The van der Waals surface area contributed by atoms with E-state index in [0.29, 0.717) is 11.8 Å². The van der Waals surface area contributed by atoms with Crippen LogP contribution in [0.3, 0.4) is 0 Å². The van der Waals surface area contributed by atoms with Crippen molar-refractivity contribution in [2.75, 3.05) is 46.4 Å². The van der Waals surface area contributed by atoms with E-state index < -0.39 is 0 Å². The quantitative estimate of drug-likeness (QED) is 0.907. The van der Waals surface area contributed by atoms with Crippen molar-refractivity contribution in [3.8, 4) is 5.75 Å². The van der Waals surface area contributed by atoms with Crippen LogP contribution in [0.15, 0.2) is 11.4 Å². The minimum absolute atomic E-state index is 0. The zero-order chi connectivity index (χ0) is 13.9. The number of rotatable bonds is 3. The van der Waals surface area contributed by atoms with Gasteiger partial charge in [-0.05, 0) is 24.4 Å². The monoisotopic (exact) mass is 331 g/mol. The van der Waals surface area contributed by atoms with Crippen LogP contribution in [-0.4, -0.2) is 68.1 Å². The van der Waals surface area contributed by atoms with E-state index in [-0.39, 0.29) is 18.3 Å². The highest BCUT2D eigenvalue weighted by atomic mass is 35.5. The standard InChI is InChI=1S/C14H21N3O2S.ClH/c1-19-12-3-9-20-13(12)14(18)17-7-5-16(6-8-17)11-2-4-15-10-11;/h3,9,11,15H,2,4-8,10H2,1H3;1H. The van der Waals surface area contributed by atoms with Crippen LogP contribution >= 0.6 is 23.7 Å². The number of ether oxygens (including phenoxy) is 1. The van der Waals surface area contributed by atoms with Crippen LogP contribution in [-0.2, 0) is 0 Å². The molecule has 21 heavy (non-hydrogen) atoms. The van der Waals surface area contributed by atoms with Gasteiger partial charge in [-0.3, -0.25) is 9.69 Å². The lowest BCUT2D eigenvalue weighted by Gasteiger charge is -2.37. The van der Waals surface area contributed by atoms with Crippen molar-refractivity contribution in [3.05, 3.63) is 16.3 Å². The van der Waals surface area contributed by atoms with Gasteiger partial charge in [0.2, 0.25) is 0 Å². The lowest BCUT2D eigenvalue weighted by molar-refractivity contribution is 0.0585. The van der Waals surface area contributed by atoms with Gasteiger partial charge in [0.05, 0.1) is 7.11 Å². The van der Waals surface area contributed by atoms with Crippen molar-refractivity contribution in [2.45, 2.75) is 12.5 Å². The summed E-state index contributed by atoms with van der Waals surface area (Å²) in [6, 6.07) is 2.52. The number of hydrogen-bond acceptors (Lipinski definition) is 5. The van der Waals surface area contributed by atoms with Gasteiger partial charge in [0.1, 0.15) is 10.6 Å². The van der Waals surface area contributed by atoms with Crippen molar-refractivity contribution in [2.24, 2.45) is 0 Å². The van der Waals surface area contributed by atoms with E-state index in [9.17, 15) is 4.79 Å². The number of nitrogens with one attached hydrogen (secondary N) is 1. The third kappa shape index (κ3) is 3.51. The minimum atomic E-state index is 0. The zero-order valence-electron chi connectivity index (χ0n) is 12.2. The average molecular weight is 332 g/mol. The van der Waals surface area contributed by atoms with Gasteiger partial charge >= 0.3 is 0 Å². The van der Waals surface area contributed by atoms with Crippen LogP contribution in [0, 0.1) is 0 Å². The highest BCUT2D eigenvalue weighted by Crippen LogP contribution is 2.26. The van der Waals surface area contributed by atoms with Gasteiger partial charge in [0.15, 0.2) is 0 Å². The summed E-state index contributed by atoms with van der Waals surface area (Å²) >= 11 is 1.46. The molecule has 0 bridgehead atoms. The molecule has 3 heterocycles. The van der Waals surface area contributed by atoms with Crippen LogP contribution in [0.5, 0.6) is 5.75 Å². The number of carbonyl (C=O) groups is 1. The van der Waals surface area contributed by atoms with Gasteiger partial charge in [0.25, 0.3) is 5.91 Å². The Labute approximate surface area is 135 Å². The zero-order valence-corrected chi connectivity index (χ0v) is 13.8. The average Bonchev–Trinajstić information content (AvgIpc) is 3.17. The molecule has 2 aliphatic heterocycles. The summed E-state index contributed by atoms with van der Waals surface area (Å²) in [7, 11) is 1.61. The summed E-state index contributed by atoms with van der Waals surface area (Å²) in [4.78, 5) is 17.7. The molecule has 118 valence electrons. The molecular weight excluding hydrogens is 310 g/mol. The van der Waals surface area contributed by atoms with Gasteiger partial charge in [-0.2, -0.15) is 0 Å². The Kier molecular flexibility index (Phi) is 5.87. The predicted octanol–water partition coefficient (Wildman–Crippen LogP) is 1.30. The summed E-state index contributed by atoms with van der Waals surface area (Å²) < 4.78 is 5.24. The highest BCUT2D eigenvalue weighted by Gasteiger charge is 2.29. The molecule has 0 saturated carbocycles. The van der Waals surface area contributed by atoms with Crippen LogP contribution in [0.2, 0.25) is 0 Å². The molecule has 0 spiro atoms. The van der Waals surface area contributed by atoms with Gasteiger partial charge in [0, 0.05) is 38.8 Å². The highest BCUT2D eigenvalue weighted by molar-refractivity contribution is 7.12. The molecule has 5 nitrogen and oxygen atoms in total. The maximum atomic E-state index is 12.5. The first-order valence-electron chi connectivity index (χ1n) is 7.15. The van der Waals surface area contributed by atoms with Crippen LogP contribution < -0.4 is 10.1 Å². The Hall–Kier alpha value is -0.820. The lowest BCUT2D eigenvalue weighted by Crippen LogP contribution is -2.52. The minimum Gasteiger partial charge on any atom is -0.495 e. The second-order valence-corrected chi connectivity index (χ2v) is 6.21. The number of carbonyl (C=O) groups excluding carboxylic acids is 1. The molecule has 1 unspecified atom stereocenters. The van der Waals surface area contributed by atoms with Crippen molar-refractivity contribution >= 4 is 29.7 Å². The Morgan fingerprint density at radius 2 is 2.14 bits per heavy atom. The normalized spacial score (nSPS) is 22.9. The summed E-state index contributed by atoms with van der Waals surface area (Å²) in [6.07, 6.45) is 1.23. The Bertz CT molecular complexity index is 469. The second-order valence-electron chi connectivity index (χ2n) is 5.29. The van der Waals surface area contributed by atoms with E-state index >= 15 is 0 Å². The van der Waals surface area contributed by atoms with Gasteiger partial charge in [-0.1, -0.05) is 0 Å². The molecule has 1 atom stereocenters. The third-order valence-electron chi connectivity index (χ3n) is 4.20. The van der Waals surface area contributed by atoms with Crippen molar-refractivity contribution in [1.82, 2.24) is 15.1 Å². The van der Waals surface area contributed by atoms with Gasteiger partial charge in [-0.15, -0.1) is 23.7 Å². The fourth-order valence-corrected chi connectivity index (χ4v) is 3.82. The summed E-state index contributed by atoms with van der Waals surface area (Å²) in [6.45, 7) is 5.80. The maximum Gasteiger partial charge on any atom is 0.267 e.